The van der Waals surface area contributed by atoms with Crippen molar-refractivity contribution in [2.75, 3.05) is 6.26 Å². The van der Waals surface area contributed by atoms with E-state index in [0.29, 0.717) is 22.3 Å². The third-order valence-corrected chi connectivity index (χ3v) is 12.7. The van der Waals surface area contributed by atoms with Gasteiger partial charge in [0.2, 0.25) is 4.38 Å². The van der Waals surface area contributed by atoms with Gasteiger partial charge in [0.15, 0.2) is 18.2 Å². The zero-order chi connectivity index (χ0) is 45.8. The molecule has 2 aliphatic heterocycles. The number of ether oxygens (including phenoxy) is 5. The van der Waals surface area contributed by atoms with Crippen molar-refractivity contribution in [1.82, 2.24) is 9.80 Å². The van der Waals surface area contributed by atoms with E-state index in [0.717, 1.165) is 22.9 Å². The van der Waals surface area contributed by atoms with Crippen LogP contribution in [0.15, 0.2) is 182 Å². The molecule has 2 amide bonds. The highest BCUT2D eigenvalue weighted by Gasteiger charge is 2.54. The third-order valence-electron chi connectivity index (χ3n) is 11.7. The van der Waals surface area contributed by atoms with E-state index >= 15 is 0 Å². The average molecular weight is 921 g/mol. The fourth-order valence-corrected chi connectivity index (χ4v) is 8.93. The average Bonchev–Trinajstić information content (AvgIpc) is 3.37. The highest BCUT2D eigenvalue weighted by Crippen LogP contribution is 2.46. The molecule has 2 saturated heterocycles. The zero-order valence-electron chi connectivity index (χ0n) is 36.1. The fraction of sp³-hybridized carbons (Fsp3) is 0.226. The number of hydrogen-bond acceptors (Lipinski definition) is 11. The number of cyclic esters (lactones) is 2. The molecule has 0 spiro atoms. The van der Waals surface area contributed by atoms with Gasteiger partial charge in [-0.3, -0.25) is 9.80 Å². The molecule has 13 heteroatoms. The van der Waals surface area contributed by atoms with Crippen LogP contribution in [0.1, 0.15) is 70.5 Å². The van der Waals surface area contributed by atoms with Crippen LogP contribution in [-0.2, 0) is 46.5 Å². The summed E-state index contributed by atoms with van der Waals surface area (Å²) in [5, 5.41) is 0. The number of nitrogens with zero attached hydrogens (tertiary/aromatic N) is 2. The van der Waals surface area contributed by atoms with Gasteiger partial charge in [-0.2, -0.15) is 0 Å². The first-order chi connectivity index (χ1) is 32.3. The number of benzene rings is 6. The molecule has 11 nitrogen and oxygen atoms in total. The molecule has 0 radical (unpaired) electrons. The number of thiocarbonyl (C=S) groups is 1. The predicted octanol–water partition coefficient (Wildman–Crippen LogP) is 10.9. The number of carbonyl (C=O) groups is 4. The van der Waals surface area contributed by atoms with Crippen molar-refractivity contribution >= 4 is 52.5 Å². The lowest BCUT2D eigenvalue weighted by atomic mass is 9.88. The molecule has 0 bridgehead atoms. The summed E-state index contributed by atoms with van der Waals surface area (Å²) in [5.74, 6) is -1.45. The number of rotatable bonds is 13. The van der Waals surface area contributed by atoms with E-state index in [-0.39, 0.29) is 30.4 Å². The Bertz CT molecular complexity index is 2560. The van der Waals surface area contributed by atoms with Crippen molar-refractivity contribution in [3.8, 4) is 0 Å². The number of carbonyl (C=O) groups excluding carboxylic acids is 4. The Kier molecular flexibility index (Phi) is 15.1. The van der Waals surface area contributed by atoms with Crippen LogP contribution in [0.3, 0.4) is 0 Å². The Morgan fingerprint density at radius 3 is 1.38 bits per heavy atom. The molecule has 6 aromatic rings. The molecule has 2 aliphatic rings. The van der Waals surface area contributed by atoms with E-state index < -0.39 is 66.6 Å². The molecule has 6 aromatic carbocycles. The van der Waals surface area contributed by atoms with Crippen molar-refractivity contribution in [2.24, 2.45) is 0 Å². The Labute approximate surface area is 393 Å². The molecule has 8 rings (SSSR count). The molecule has 0 unspecified atom stereocenters. The predicted molar refractivity (Wildman–Crippen MR) is 254 cm³/mol. The van der Waals surface area contributed by atoms with Gasteiger partial charge < -0.3 is 23.7 Å². The van der Waals surface area contributed by atoms with Crippen LogP contribution in [0.2, 0.25) is 0 Å². The smallest absolute Gasteiger partial charge is 0.411 e. The molecule has 2 heterocycles. The molecule has 66 heavy (non-hydrogen) atoms. The molecular formula is C53H48N2O9S2. The maximum atomic E-state index is 14.9. The number of amides is 2. The van der Waals surface area contributed by atoms with Crippen LogP contribution < -0.4 is 0 Å². The minimum Gasteiger partial charge on any atom is -0.472 e. The van der Waals surface area contributed by atoms with Crippen molar-refractivity contribution in [3.05, 3.63) is 215 Å². The van der Waals surface area contributed by atoms with E-state index in [1.807, 2.05) is 182 Å². The van der Waals surface area contributed by atoms with Crippen LogP contribution in [0.25, 0.3) is 0 Å². The normalized spacial score (nSPS) is 20.9. The van der Waals surface area contributed by atoms with Gasteiger partial charge in [-0.05, 0) is 64.7 Å². The van der Waals surface area contributed by atoms with E-state index in [4.69, 9.17) is 35.9 Å². The third kappa shape index (κ3) is 10.6. The van der Waals surface area contributed by atoms with Gasteiger partial charge in [-0.25, -0.2) is 19.2 Å². The molecule has 2 fully saturated rings. The maximum absolute atomic E-state index is 14.9. The van der Waals surface area contributed by atoms with Crippen LogP contribution in [0.4, 0.5) is 9.59 Å². The summed E-state index contributed by atoms with van der Waals surface area (Å²) in [4.78, 5) is 61.8. The summed E-state index contributed by atoms with van der Waals surface area (Å²) in [6.45, 7) is -0.137. The first-order valence-electron chi connectivity index (χ1n) is 21.6. The summed E-state index contributed by atoms with van der Waals surface area (Å²) in [5.41, 5.74) is 4.22. The van der Waals surface area contributed by atoms with Gasteiger partial charge in [0, 0.05) is 0 Å². The van der Waals surface area contributed by atoms with E-state index in [1.54, 1.807) is 6.26 Å². The molecule has 0 saturated carbocycles. The Balaban J connectivity index is 1.19. The largest absolute Gasteiger partial charge is 0.472 e. The first kappa shape index (κ1) is 45.6. The summed E-state index contributed by atoms with van der Waals surface area (Å²) < 4.78 is 31.3. The Morgan fingerprint density at radius 1 is 0.561 bits per heavy atom. The summed E-state index contributed by atoms with van der Waals surface area (Å²) in [6, 6.07) is 51.1. The lowest BCUT2D eigenvalue weighted by molar-refractivity contribution is -0.180. The highest BCUT2D eigenvalue weighted by molar-refractivity contribution is 8.22. The van der Waals surface area contributed by atoms with Gasteiger partial charge in [-0.1, -0.05) is 194 Å². The van der Waals surface area contributed by atoms with Crippen LogP contribution in [0, 0.1) is 0 Å². The van der Waals surface area contributed by atoms with E-state index in [1.165, 1.54) is 9.80 Å². The molecule has 0 N–H and O–H groups in total. The zero-order valence-corrected chi connectivity index (χ0v) is 37.7. The summed E-state index contributed by atoms with van der Waals surface area (Å²) in [7, 11) is 0. The SMILES string of the molecule is CSC(=S)O[C@H](CC[C@@H]1C(=O)O[C@@H](c2ccccc2)[C@@H](c2ccccc2)N1C(=O)OCc1ccccc1)[C@@H]1C(=O)O[C@@H](c2ccccc2)[C@@H](c2ccccc2)N1C(=O)OCc1ccccc1. The highest BCUT2D eigenvalue weighted by atomic mass is 32.2. The Morgan fingerprint density at radius 2 is 0.939 bits per heavy atom. The molecular weight excluding hydrogens is 873 g/mol. The monoisotopic (exact) mass is 920 g/mol. The van der Waals surface area contributed by atoms with E-state index in [9.17, 15) is 19.2 Å². The Hall–Kier alpha value is -6.96. The second-order valence-corrected chi connectivity index (χ2v) is 17.2. The second-order valence-electron chi connectivity index (χ2n) is 15.8. The van der Waals surface area contributed by atoms with Gasteiger partial charge >= 0.3 is 24.1 Å². The second kappa shape index (κ2) is 21.8. The summed E-state index contributed by atoms with van der Waals surface area (Å²) >= 11 is 6.79. The van der Waals surface area contributed by atoms with Crippen LogP contribution in [0.5, 0.6) is 0 Å². The number of esters is 2. The van der Waals surface area contributed by atoms with Crippen LogP contribution in [-0.4, -0.2) is 62.8 Å². The van der Waals surface area contributed by atoms with Gasteiger partial charge in [0.25, 0.3) is 0 Å². The standard InChI is InChI=1S/C53H48N2O9S2/c1-66-53(65)62-43(46-50(57)64-48(41-30-18-7-19-31-41)45(39-26-14-5-15-27-39)55(46)52(59)61-35-37-22-10-3-11-23-37)33-32-42-49(56)63-47(40-28-16-6-17-29-40)44(38-24-12-4-13-25-38)54(42)51(58)60-34-36-20-8-2-9-21-36/h2-31,42-48H,32-35H2,1H3/t42-,43-,44-,45-,46-,47+,48+/m1/s1. The molecule has 336 valence electrons. The van der Waals surface area contributed by atoms with Crippen molar-refractivity contribution < 1.29 is 42.9 Å². The number of hydrogen-bond donors (Lipinski definition) is 0. The number of morpholine rings is 2. The van der Waals surface area contributed by atoms with E-state index in [2.05, 4.69) is 0 Å². The topological polar surface area (TPSA) is 121 Å². The lowest BCUT2D eigenvalue weighted by Gasteiger charge is -2.47. The first-order valence-corrected chi connectivity index (χ1v) is 23.3. The minimum atomic E-state index is -1.44. The molecule has 7 atom stereocenters. The van der Waals surface area contributed by atoms with Gasteiger partial charge in [0.1, 0.15) is 37.4 Å². The summed E-state index contributed by atoms with van der Waals surface area (Å²) in [6.07, 6.45) is -3.04. The van der Waals surface area contributed by atoms with Gasteiger partial charge in [0.05, 0.1) is 0 Å². The van der Waals surface area contributed by atoms with Crippen LogP contribution >= 0.6 is 24.0 Å². The lowest BCUT2D eigenvalue weighted by Crippen LogP contribution is -2.60. The minimum absolute atomic E-state index is 0.0550. The quantitative estimate of drug-likeness (QED) is 0.0625. The molecule has 0 aliphatic carbocycles. The molecule has 0 aromatic heterocycles. The van der Waals surface area contributed by atoms with Gasteiger partial charge in [-0.15, -0.1) is 0 Å². The van der Waals surface area contributed by atoms with Crippen molar-refractivity contribution in [2.45, 2.75) is 68.5 Å². The number of thioether (sulfide) groups is 1. The maximum Gasteiger partial charge on any atom is 0.411 e. The van der Waals surface area contributed by atoms with Crippen molar-refractivity contribution in [3.63, 3.8) is 0 Å². The fourth-order valence-electron chi connectivity index (χ4n) is 8.59. The van der Waals surface area contributed by atoms with Crippen molar-refractivity contribution in [1.29, 1.82) is 0 Å².